The fraction of sp³-hybridized carbons (Fsp3) is 0.727. The lowest BCUT2D eigenvalue weighted by atomic mass is 10.3. The molecule has 1 fully saturated rings. The molecule has 0 radical (unpaired) electrons. The SMILES string of the molecule is CCNC1CCN(CCc2cscn2)C1. The predicted molar refractivity (Wildman–Crippen MR) is 64.3 cm³/mol. The molecule has 2 rings (SSSR count). The highest BCUT2D eigenvalue weighted by atomic mass is 32.1. The van der Waals surface area contributed by atoms with Crippen LogP contribution in [0.2, 0.25) is 0 Å². The van der Waals surface area contributed by atoms with E-state index < -0.39 is 0 Å². The number of nitrogens with one attached hydrogen (secondary N) is 1. The molecule has 1 saturated heterocycles. The van der Waals surface area contributed by atoms with Crippen molar-refractivity contribution < 1.29 is 0 Å². The molecule has 4 heteroatoms. The Morgan fingerprint density at radius 2 is 2.60 bits per heavy atom. The lowest BCUT2D eigenvalue weighted by Gasteiger charge is -2.15. The molecule has 15 heavy (non-hydrogen) atoms. The van der Waals surface area contributed by atoms with Gasteiger partial charge >= 0.3 is 0 Å². The number of hydrogen-bond acceptors (Lipinski definition) is 4. The first-order chi connectivity index (χ1) is 7.38. The van der Waals surface area contributed by atoms with Crippen LogP contribution in [0.1, 0.15) is 19.0 Å². The number of hydrogen-bond donors (Lipinski definition) is 1. The molecule has 1 aromatic rings. The first-order valence-corrected chi connectivity index (χ1v) is 6.65. The van der Waals surface area contributed by atoms with E-state index in [0.717, 1.165) is 19.5 Å². The summed E-state index contributed by atoms with van der Waals surface area (Å²) in [5.41, 5.74) is 3.16. The Hall–Kier alpha value is -0.450. The van der Waals surface area contributed by atoms with Gasteiger partial charge in [-0.2, -0.15) is 0 Å². The zero-order chi connectivity index (χ0) is 10.5. The van der Waals surface area contributed by atoms with Crippen LogP contribution in [0.15, 0.2) is 10.9 Å². The summed E-state index contributed by atoms with van der Waals surface area (Å²) in [4.78, 5) is 6.84. The van der Waals surface area contributed by atoms with Gasteiger partial charge in [-0.25, -0.2) is 4.98 Å². The molecular formula is C11H19N3S. The molecule has 84 valence electrons. The van der Waals surface area contributed by atoms with E-state index in [9.17, 15) is 0 Å². The van der Waals surface area contributed by atoms with Gasteiger partial charge in [-0.15, -0.1) is 11.3 Å². The molecule has 1 atom stereocenters. The summed E-state index contributed by atoms with van der Waals surface area (Å²) in [6.07, 6.45) is 2.40. The topological polar surface area (TPSA) is 28.2 Å². The van der Waals surface area contributed by atoms with Crippen molar-refractivity contribution in [3.63, 3.8) is 0 Å². The summed E-state index contributed by atoms with van der Waals surface area (Å²) in [6.45, 7) is 6.87. The lowest BCUT2D eigenvalue weighted by molar-refractivity contribution is 0.331. The maximum absolute atomic E-state index is 4.31. The third-order valence-corrected chi connectivity index (χ3v) is 3.57. The fourth-order valence-electron chi connectivity index (χ4n) is 2.12. The van der Waals surface area contributed by atoms with E-state index in [4.69, 9.17) is 0 Å². The summed E-state index contributed by atoms with van der Waals surface area (Å²) in [6, 6.07) is 0.713. The largest absolute Gasteiger partial charge is 0.313 e. The third-order valence-electron chi connectivity index (χ3n) is 2.93. The molecule has 3 nitrogen and oxygen atoms in total. The average Bonchev–Trinajstić information content (AvgIpc) is 2.85. The van der Waals surface area contributed by atoms with Gasteiger partial charge in [0.05, 0.1) is 11.2 Å². The van der Waals surface area contributed by atoms with Gasteiger partial charge in [0.2, 0.25) is 0 Å². The molecule has 1 aliphatic rings. The molecule has 0 amide bonds. The van der Waals surface area contributed by atoms with E-state index in [1.807, 2.05) is 5.51 Å². The van der Waals surface area contributed by atoms with Crippen LogP contribution in [0.5, 0.6) is 0 Å². The van der Waals surface area contributed by atoms with Gasteiger partial charge in [-0.05, 0) is 19.5 Å². The second-order valence-electron chi connectivity index (χ2n) is 4.07. The number of aromatic nitrogens is 1. The van der Waals surface area contributed by atoms with Gasteiger partial charge in [0.15, 0.2) is 0 Å². The lowest BCUT2D eigenvalue weighted by Crippen LogP contribution is -2.32. The molecule has 1 aromatic heterocycles. The molecular weight excluding hydrogens is 206 g/mol. The van der Waals surface area contributed by atoms with Crippen LogP contribution < -0.4 is 5.32 Å². The minimum atomic E-state index is 0.713. The standard InChI is InChI=1S/C11H19N3S/c1-2-12-10-3-5-14(7-10)6-4-11-8-15-9-13-11/h8-10,12H,2-7H2,1H3. The molecule has 0 saturated carbocycles. The van der Waals surface area contributed by atoms with E-state index in [2.05, 4.69) is 27.5 Å². The summed E-state index contributed by atoms with van der Waals surface area (Å²) >= 11 is 1.69. The highest BCUT2D eigenvalue weighted by Crippen LogP contribution is 2.10. The maximum Gasteiger partial charge on any atom is 0.0794 e. The quantitative estimate of drug-likeness (QED) is 0.820. The summed E-state index contributed by atoms with van der Waals surface area (Å²) in [7, 11) is 0. The van der Waals surface area contributed by atoms with Gasteiger partial charge in [0.1, 0.15) is 0 Å². The van der Waals surface area contributed by atoms with E-state index in [1.165, 1.54) is 25.2 Å². The van der Waals surface area contributed by atoms with Gasteiger partial charge in [0, 0.05) is 30.9 Å². The maximum atomic E-state index is 4.31. The van der Waals surface area contributed by atoms with E-state index in [0.29, 0.717) is 6.04 Å². The monoisotopic (exact) mass is 225 g/mol. The highest BCUT2D eigenvalue weighted by molar-refractivity contribution is 7.07. The van der Waals surface area contributed by atoms with Crippen LogP contribution in [0.25, 0.3) is 0 Å². The normalized spacial score (nSPS) is 22.3. The zero-order valence-corrected chi connectivity index (χ0v) is 10.1. The first-order valence-electron chi connectivity index (χ1n) is 5.71. The Morgan fingerprint density at radius 3 is 3.33 bits per heavy atom. The smallest absolute Gasteiger partial charge is 0.0794 e. The van der Waals surface area contributed by atoms with Crippen LogP contribution in [0.3, 0.4) is 0 Å². The first kappa shape index (κ1) is 11.0. The van der Waals surface area contributed by atoms with Crippen LogP contribution in [0.4, 0.5) is 0 Å². The van der Waals surface area contributed by atoms with E-state index >= 15 is 0 Å². The molecule has 2 heterocycles. The van der Waals surface area contributed by atoms with Gasteiger partial charge in [0.25, 0.3) is 0 Å². The zero-order valence-electron chi connectivity index (χ0n) is 9.28. The van der Waals surface area contributed by atoms with Crippen molar-refractivity contribution in [1.82, 2.24) is 15.2 Å². The van der Waals surface area contributed by atoms with Crippen molar-refractivity contribution in [3.05, 3.63) is 16.6 Å². The second-order valence-corrected chi connectivity index (χ2v) is 4.79. The molecule has 1 aliphatic heterocycles. The van der Waals surface area contributed by atoms with Crippen molar-refractivity contribution in [2.24, 2.45) is 0 Å². The predicted octanol–water partition coefficient (Wildman–Crippen LogP) is 1.37. The summed E-state index contributed by atoms with van der Waals surface area (Å²) in [5, 5.41) is 5.66. The number of likely N-dealkylation sites (tertiary alicyclic amines) is 1. The van der Waals surface area contributed by atoms with Crippen molar-refractivity contribution in [1.29, 1.82) is 0 Å². The van der Waals surface area contributed by atoms with Crippen LogP contribution in [0, 0.1) is 0 Å². The van der Waals surface area contributed by atoms with Crippen LogP contribution >= 0.6 is 11.3 Å². The molecule has 0 aliphatic carbocycles. The molecule has 0 spiro atoms. The summed E-state index contributed by atoms with van der Waals surface area (Å²) in [5.74, 6) is 0. The van der Waals surface area contributed by atoms with Crippen molar-refractivity contribution in [2.75, 3.05) is 26.2 Å². The minimum absolute atomic E-state index is 0.713. The molecule has 1 N–H and O–H groups in total. The van der Waals surface area contributed by atoms with Gasteiger partial charge in [-0.1, -0.05) is 6.92 Å². The Kier molecular flexibility index (Phi) is 4.11. The highest BCUT2D eigenvalue weighted by Gasteiger charge is 2.20. The average molecular weight is 225 g/mol. The number of nitrogens with zero attached hydrogens (tertiary/aromatic N) is 2. The summed E-state index contributed by atoms with van der Waals surface area (Å²) < 4.78 is 0. The van der Waals surface area contributed by atoms with Crippen LogP contribution in [-0.4, -0.2) is 42.1 Å². The Bertz CT molecular complexity index is 273. The van der Waals surface area contributed by atoms with Crippen LogP contribution in [-0.2, 0) is 6.42 Å². The van der Waals surface area contributed by atoms with E-state index in [-0.39, 0.29) is 0 Å². The van der Waals surface area contributed by atoms with E-state index in [1.54, 1.807) is 11.3 Å². The third kappa shape index (κ3) is 3.26. The number of thiazole rings is 1. The van der Waals surface area contributed by atoms with Gasteiger partial charge in [-0.3, -0.25) is 0 Å². The molecule has 0 aromatic carbocycles. The Morgan fingerprint density at radius 1 is 1.67 bits per heavy atom. The van der Waals surface area contributed by atoms with Crippen molar-refractivity contribution in [3.8, 4) is 0 Å². The van der Waals surface area contributed by atoms with Gasteiger partial charge < -0.3 is 10.2 Å². The number of likely N-dealkylation sites (N-methyl/N-ethyl adjacent to an activating group) is 1. The second kappa shape index (κ2) is 5.58. The minimum Gasteiger partial charge on any atom is -0.313 e. The Labute approximate surface area is 95.5 Å². The van der Waals surface area contributed by atoms with Crippen molar-refractivity contribution in [2.45, 2.75) is 25.8 Å². The van der Waals surface area contributed by atoms with Crippen molar-refractivity contribution >= 4 is 11.3 Å². The molecule has 0 bridgehead atoms. The Balaban J connectivity index is 1.69. The number of rotatable bonds is 5. The fourth-order valence-corrected chi connectivity index (χ4v) is 2.72. The molecule has 1 unspecified atom stereocenters.